The molecule has 1 aromatic carbocycles. The van der Waals surface area contributed by atoms with Crippen LogP contribution < -0.4 is 4.74 Å². The van der Waals surface area contributed by atoms with Crippen molar-refractivity contribution in [2.45, 2.75) is 12.8 Å². The largest absolute Gasteiger partial charge is 0.497 e. The summed E-state index contributed by atoms with van der Waals surface area (Å²) in [6.45, 7) is 2.12. The molecule has 0 saturated carbocycles. The van der Waals surface area contributed by atoms with Gasteiger partial charge in [-0.15, -0.1) is 0 Å². The zero-order valence-corrected chi connectivity index (χ0v) is 11.0. The number of nitrogens with zero attached hydrogens (tertiary/aromatic N) is 2. The van der Waals surface area contributed by atoms with E-state index in [2.05, 4.69) is 16.1 Å². The summed E-state index contributed by atoms with van der Waals surface area (Å²) in [6, 6.07) is 7.92. The number of benzene rings is 1. The number of methoxy groups -OCH3 is 1. The maximum Gasteiger partial charge on any atom is 0.118 e. The molecule has 3 heterocycles. The number of piperidine rings is 3. The molecule has 3 aliphatic heterocycles. The molecule has 4 nitrogen and oxygen atoms in total. The maximum atomic E-state index is 9.24. The number of ether oxygens (including phenoxy) is 1. The Balaban J connectivity index is 1.92. The lowest BCUT2D eigenvalue weighted by Gasteiger charge is -2.42. The van der Waals surface area contributed by atoms with E-state index in [4.69, 9.17) is 4.74 Å². The van der Waals surface area contributed by atoms with Gasteiger partial charge in [-0.2, -0.15) is 0 Å². The molecule has 0 atom stereocenters. The van der Waals surface area contributed by atoms with Crippen LogP contribution >= 0.6 is 0 Å². The average Bonchev–Trinajstić information content (AvgIpc) is 2.49. The normalized spacial score (nSPS) is 23.3. The van der Waals surface area contributed by atoms with Gasteiger partial charge in [0.15, 0.2) is 0 Å². The molecule has 4 heteroatoms. The van der Waals surface area contributed by atoms with Gasteiger partial charge in [-0.05, 0) is 36.6 Å². The zero-order chi connectivity index (χ0) is 13.2. The minimum absolute atomic E-state index is 0.416. The van der Waals surface area contributed by atoms with Crippen molar-refractivity contribution < 1.29 is 9.94 Å². The number of hydrogen-bond acceptors (Lipinski definition) is 4. The third-order valence-corrected chi connectivity index (χ3v) is 4.01. The summed E-state index contributed by atoms with van der Waals surface area (Å²) >= 11 is 0. The molecule has 2 bridgehead atoms. The van der Waals surface area contributed by atoms with Crippen molar-refractivity contribution in [3.63, 3.8) is 0 Å². The first-order valence-electron chi connectivity index (χ1n) is 6.65. The third kappa shape index (κ3) is 2.18. The average molecular weight is 258 g/mol. The quantitative estimate of drug-likeness (QED) is 0.655. The Morgan fingerprint density at radius 2 is 1.95 bits per heavy atom. The van der Waals surface area contributed by atoms with Crippen molar-refractivity contribution in [1.29, 1.82) is 0 Å². The Bertz CT molecular complexity index is 511. The second kappa shape index (κ2) is 4.96. The molecule has 100 valence electrons. The summed E-state index contributed by atoms with van der Waals surface area (Å²) in [5.41, 5.74) is 3.01. The highest BCUT2D eigenvalue weighted by Crippen LogP contribution is 2.33. The van der Waals surface area contributed by atoms with Gasteiger partial charge in [0.1, 0.15) is 11.5 Å². The Morgan fingerprint density at radius 1 is 1.26 bits per heavy atom. The smallest absolute Gasteiger partial charge is 0.118 e. The predicted octanol–water partition coefficient (Wildman–Crippen LogP) is 2.59. The molecular formula is C15H18N2O2. The van der Waals surface area contributed by atoms with Crippen molar-refractivity contribution in [3.05, 3.63) is 35.5 Å². The fourth-order valence-electron chi connectivity index (χ4n) is 2.92. The van der Waals surface area contributed by atoms with E-state index in [1.807, 2.05) is 24.3 Å². The number of fused-ring (bicyclic) bond motifs is 3. The highest BCUT2D eigenvalue weighted by molar-refractivity contribution is 6.05. The molecule has 4 rings (SSSR count). The highest BCUT2D eigenvalue weighted by atomic mass is 16.5. The molecular weight excluding hydrogens is 240 g/mol. The van der Waals surface area contributed by atoms with Crippen LogP contribution in [-0.4, -0.2) is 36.0 Å². The molecule has 0 aromatic heterocycles. The Kier molecular flexibility index (Phi) is 3.15. The fourth-order valence-corrected chi connectivity index (χ4v) is 2.92. The van der Waals surface area contributed by atoms with Gasteiger partial charge in [0.25, 0.3) is 0 Å². The molecule has 0 aliphatic carbocycles. The molecule has 1 aromatic rings. The molecule has 3 fully saturated rings. The second-order valence-electron chi connectivity index (χ2n) is 5.05. The summed E-state index contributed by atoms with van der Waals surface area (Å²) in [6.07, 6.45) is 4.29. The van der Waals surface area contributed by atoms with E-state index in [0.29, 0.717) is 5.92 Å². The minimum atomic E-state index is 0.416. The fraction of sp³-hybridized carbons (Fsp3) is 0.400. The molecule has 1 N–H and O–H groups in total. The van der Waals surface area contributed by atoms with Crippen LogP contribution in [0.4, 0.5) is 0 Å². The molecule has 0 radical (unpaired) electrons. The van der Waals surface area contributed by atoms with Gasteiger partial charge in [0.05, 0.1) is 12.8 Å². The monoisotopic (exact) mass is 258 g/mol. The lowest BCUT2D eigenvalue weighted by atomic mass is 9.83. The van der Waals surface area contributed by atoms with Crippen molar-refractivity contribution in [3.8, 4) is 5.75 Å². The summed E-state index contributed by atoms with van der Waals surface area (Å²) in [5.74, 6) is 1.27. The van der Waals surface area contributed by atoms with Crippen molar-refractivity contribution >= 4 is 11.8 Å². The van der Waals surface area contributed by atoms with Crippen molar-refractivity contribution in [2.75, 3.05) is 20.2 Å². The number of rotatable bonds is 2. The minimum Gasteiger partial charge on any atom is -0.497 e. The van der Waals surface area contributed by atoms with Crippen LogP contribution in [0, 0.1) is 5.92 Å². The first-order chi connectivity index (χ1) is 9.31. The standard InChI is InChI=1S/C15H18N2O2/c1-19-13-4-2-11(3-5-13)10-14-15(16-18)12-6-8-17(14)9-7-12/h2-5,10,12,18H,6-9H2,1H3/b14-10+,16-15?. The zero-order valence-electron chi connectivity index (χ0n) is 11.0. The van der Waals surface area contributed by atoms with Crippen LogP contribution in [0.3, 0.4) is 0 Å². The van der Waals surface area contributed by atoms with E-state index in [9.17, 15) is 5.21 Å². The summed E-state index contributed by atoms with van der Waals surface area (Å²) in [7, 11) is 1.66. The van der Waals surface area contributed by atoms with E-state index in [1.54, 1.807) is 7.11 Å². The lowest BCUT2D eigenvalue weighted by Crippen LogP contribution is -2.46. The topological polar surface area (TPSA) is 45.1 Å². The van der Waals surface area contributed by atoms with Crippen LogP contribution in [0.15, 0.2) is 35.1 Å². The number of hydrogen-bond donors (Lipinski definition) is 1. The van der Waals surface area contributed by atoms with Gasteiger partial charge in [0, 0.05) is 19.0 Å². The first-order valence-corrected chi connectivity index (χ1v) is 6.65. The number of oxime groups is 1. The third-order valence-electron chi connectivity index (χ3n) is 4.01. The van der Waals surface area contributed by atoms with Crippen LogP contribution in [0.5, 0.6) is 5.75 Å². The Morgan fingerprint density at radius 3 is 2.53 bits per heavy atom. The molecule has 3 saturated heterocycles. The van der Waals surface area contributed by atoms with E-state index >= 15 is 0 Å². The Hall–Kier alpha value is -1.97. The lowest BCUT2D eigenvalue weighted by molar-refractivity contribution is 0.229. The molecule has 0 unspecified atom stereocenters. The van der Waals surface area contributed by atoms with E-state index in [-0.39, 0.29) is 0 Å². The molecule has 3 aliphatic rings. The summed E-state index contributed by atoms with van der Waals surface area (Å²) < 4.78 is 5.16. The summed E-state index contributed by atoms with van der Waals surface area (Å²) in [5, 5.41) is 12.8. The highest BCUT2D eigenvalue weighted by Gasteiger charge is 2.35. The first kappa shape index (κ1) is 12.1. The van der Waals surface area contributed by atoms with Gasteiger partial charge in [-0.25, -0.2) is 0 Å². The van der Waals surface area contributed by atoms with Crippen molar-refractivity contribution in [1.82, 2.24) is 4.90 Å². The van der Waals surface area contributed by atoms with Gasteiger partial charge >= 0.3 is 0 Å². The predicted molar refractivity (Wildman–Crippen MR) is 74.5 cm³/mol. The van der Waals surface area contributed by atoms with E-state index in [0.717, 1.165) is 48.7 Å². The van der Waals surface area contributed by atoms with E-state index in [1.165, 1.54) is 0 Å². The van der Waals surface area contributed by atoms with Crippen LogP contribution in [0.25, 0.3) is 6.08 Å². The molecule has 19 heavy (non-hydrogen) atoms. The van der Waals surface area contributed by atoms with E-state index < -0.39 is 0 Å². The maximum absolute atomic E-state index is 9.24. The van der Waals surface area contributed by atoms with Crippen molar-refractivity contribution in [2.24, 2.45) is 11.1 Å². The van der Waals surface area contributed by atoms with Gasteiger partial charge in [-0.3, -0.25) is 0 Å². The van der Waals surface area contributed by atoms with Gasteiger partial charge < -0.3 is 14.8 Å². The van der Waals surface area contributed by atoms with Crippen LogP contribution in [0.2, 0.25) is 0 Å². The van der Waals surface area contributed by atoms with Crippen LogP contribution in [0.1, 0.15) is 18.4 Å². The second-order valence-corrected chi connectivity index (χ2v) is 5.05. The molecule has 0 spiro atoms. The molecule has 0 amide bonds. The Labute approximate surface area is 113 Å². The summed E-state index contributed by atoms with van der Waals surface area (Å²) in [4.78, 5) is 2.30. The SMILES string of the molecule is COc1ccc(/C=C2\C(=NO)C3CCN2CC3)cc1. The number of allylic oxidation sites excluding steroid dienone is 1. The van der Waals surface area contributed by atoms with Gasteiger partial charge in [0.2, 0.25) is 0 Å². The van der Waals surface area contributed by atoms with Gasteiger partial charge in [-0.1, -0.05) is 17.3 Å². The van der Waals surface area contributed by atoms with Crippen LogP contribution in [-0.2, 0) is 0 Å².